The van der Waals surface area contributed by atoms with Crippen LogP contribution in [0, 0.1) is 0 Å². The number of rotatable bonds is 6. The Balaban J connectivity index is 2.03. The van der Waals surface area contributed by atoms with Crippen molar-refractivity contribution in [3.05, 3.63) is 64.7 Å². The van der Waals surface area contributed by atoms with E-state index in [2.05, 4.69) is 5.32 Å². The van der Waals surface area contributed by atoms with Gasteiger partial charge >= 0.3 is 0 Å². The van der Waals surface area contributed by atoms with Gasteiger partial charge in [-0.2, -0.15) is 0 Å². The van der Waals surface area contributed by atoms with Crippen LogP contribution in [0.25, 0.3) is 0 Å². The summed E-state index contributed by atoms with van der Waals surface area (Å²) in [6.45, 7) is 0.488. The molecule has 0 aliphatic heterocycles. The molecule has 21 heavy (non-hydrogen) atoms. The minimum atomic E-state index is -0.238. The molecule has 0 atom stereocenters. The van der Waals surface area contributed by atoms with E-state index in [4.69, 9.17) is 21.4 Å². The molecule has 0 fully saturated rings. The van der Waals surface area contributed by atoms with Gasteiger partial charge in [0.05, 0.1) is 17.2 Å². The number of benzene rings is 2. The van der Waals surface area contributed by atoms with Crippen LogP contribution in [0.4, 0.5) is 0 Å². The maximum Gasteiger partial charge on any atom is 0.253 e. The molecule has 0 aliphatic carbocycles. The van der Waals surface area contributed by atoms with E-state index < -0.39 is 0 Å². The molecule has 2 N–H and O–H groups in total. The smallest absolute Gasteiger partial charge is 0.253 e. The van der Waals surface area contributed by atoms with Crippen molar-refractivity contribution in [3.8, 4) is 5.75 Å². The molecule has 0 aliphatic rings. The molecule has 0 radical (unpaired) electrons. The van der Waals surface area contributed by atoms with E-state index in [1.54, 1.807) is 30.3 Å². The highest BCUT2D eigenvalue weighted by Gasteiger charge is 2.10. The topological polar surface area (TPSA) is 58.6 Å². The summed E-state index contributed by atoms with van der Waals surface area (Å²) in [7, 11) is 0. The molecular weight excluding hydrogens is 290 g/mol. The molecule has 110 valence electrons. The average molecular weight is 306 g/mol. The summed E-state index contributed by atoms with van der Waals surface area (Å²) in [4.78, 5) is 12.1. The third-order valence-electron chi connectivity index (χ3n) is 2.88. The number of aliphatic hydroxyl groups is 1. The van der Waals surface area contributed by atoms with Crippen LogP contribution in [-0.2, 0) is 6.54 Å². The molecule has 2 aromatic rings. The largest absolute Gasteiger partial charge is 0.491 e. The predicted molar refractivity (Wildman–Crippen MR) is 81.6 cm³/mol. The number of para-hydroxylation sites is 1. The molecule has 5 heteroatoms. The first-order chi connectivity index (χ1) is 10.2. The van der Waals surface area contributed by atoms with Gasteiger partial charge in [-0.25, -0.2) is 0 Å². The van der Waals surface area contributed by atoms with E-state index in [0.29, 0.717) is 22.9 Å². The maximum absolute atomic E-state index is 12.1. The van der Waals surface area contributed by atoms with E-state index in [9.17, 15) is 4.79 Å². The third-order valence-corrected chi connectivity index (χ3v) is 3.21. The van der Waals surface area contributed by atoms with Gasteiger partial charge in [-0.3, -0.25) is 4.79 Å². The molecule has 0 unspecified atom stereocenters. The second-order valence-corrected chi connectivity index (χ2v) is 4.75. The number of hydrogen-bond acceptors (Lipinski definition) is 3. The lowest BCUT2D eigenvalue weighted by Gasteiger charge is -2.11. The fourth-order valence-electron chi connectivity index (χ4n) is 1.86. The predicted octanol–water partition coefficient (Wildman–Crippen LogP) is 2.64. The maximum atomic E-state index is 12.1. The van der Waals surface area contributed by atoms with Crippen LogP contribution >= 0.6 is 11.6 Å². The van der Waals surface area contributed by atoms with Crippen molar-refractivity contribution in [1.82, 2.24) is 5.32 Å². The number of ether oxygens (including phenoxy) is 1. The van der Waals surface area contributed by atoms with Gasteiger partial charge in [0.1, 0.15) is 12.4 Å². The monoisotopic (exact) mass is 305 g/mol. The normalized spacial score (nSPS) is 10.2. The number of carbonyl (C=O) groups is 1. The van der Waals surface area contributed by atoms with E-state index >= 15 is 0 Å². The molecule has 0 saturated carbocycles. The first kappa shape index (κ1) is 15.4. The minimum absolute atomic E-state index is 0.0552. The van der Waals surface area contributed by atoms with Crippen LogP contribution in [0.1, 0.15) is 15.9 Å². The summed E-state index contributed by atoms with van der Waals surface area (Å²) in [5.74, 6) is 0.406. The van der Waals surface area contributed by atoms with Crippen LogP contribution in [0.2, 0.25) is 5.02 Å². The van der Waals surface area contributed by atoms with Gasteiger partial charge < -0.3 is 15.2 Å². The fourth-order valence-corrected chi connectivity index (χ4v) is 2.08. The minimum Gasteiger partial charge on any atom is -0.491 e. The Morgan fingerprint density at radius 2 is 1.86 bits per heavy atom. The fraction of sp³-hybridized carbons (Fsp3) is 0.188. The molecule has 4 nitrogen and oxygen atoms in total. The third kappa shape index (κ3) is 4.21. The zero-order valence-corrected chi connectivity index (χ0v) is 12.1. The molecular formula is C16H16ClNO3. The SMILES string of the molecule is O=C(NCc1ccccc1OCCO)c1ccccc1Cl. The van der Waals surface area contributed by atoms with Crippen molar-refractivity contribution >= 4 is 17.5 Å². The number of nitrogens with one attached hydrogen (secondary N) is 1. The first-order valence-corrected chi connectivity index (χ1v) is 6.94. The van der Waals surface area contributed by atoms with Crippen LogP contribution in [0.15, 0.2) is 48.5 Å². The van der Waals surface area contributed by atoms with Crippen molar-refractivity contribution < 1.29 is 14.6 Å². The first-order valence-electron chi connectivity index (χ1n) is 6.56. The summed E-state index contributed by atoms with van der Waals surface area (Å²) in [6, 6.07) is 14.2. The lowest BCUT2D eigenvalue weighted by Crippen LogP contribution is -2.23. The standard InChI is InChI=1S/C16H16ClNO3/c17-14-7-3-2-6-13(14)16(20)18-11-12-5-1-4-8-15(12)21-10-9-19/h1-8,19H,9-11H2,(H,18,20). The molecule has 0 heterocycles. The summed E-state index contributed by atoms with van der Waals surface area (Å²) < 4.78 is 5.42. The molecule has 2 aromatic carbocycles. The molecule has 2 rings (SSSR count). The van der Waals surface area contributed by atoms with E-state index in [-0.39, 0.29) is 19.1 Å². The summed E-state index contributed by atoms with van der Waals surface area (Å²) in [5, 5.41) is 12.0. The molecule has 1 amide bonds. The lowest BCUT2D eigenvalue weighted by atomic mass is 10.1. The zero-order chi connectivity index (χ0) is 15.1. The van der Waals surface area contributed by atoms with Crippen LogP contribution in [-0.4, -0.2) is 24.2 Å². The Hall–Kier alpha value is -2.04. The van der Waals surface area contributed by atoms with Crippen molar-refractivity contribution in [1.29, 1.82) is 0 Å². The Labute approximate surface area is 128 Å². The number of hydrogen-bond donors (Lipinski definition) is 2. The molecule has 0 bridgehead atoms. The van der Waals surface area contributed by atoms with E-state index in [0.717, 1.165) is 5.56 Å². The summed E-state index contributed by atoms with van der Waals surface area (Å²) in [6.07, 6.45) is 0. The van der Waals surface area contributed by atoms with Crippen molar-refractivity contribution in [3.63, 3.8) is 0 Å². The van der Waals surface area contributed by atoms with Crippen LogP contribution in [0.5, 0.6) is 5.75 Å². The van der Waals surface area contributed by atoms with Crippen LogP contribution < -0.4 is 10.1 Å². The van der Waals surface area contributed by atoms with Gasteiger partial charge in [-0.15, -0.1) is 0 Å². The number of carbonyl (C=O) groups excluding carboxylic acids is 1. The van der Waals surface area contributed by atoms with Crippen molar-refractivity contribution in [2.24, 2.45) is 0 Å². The highest BCUT2D eigenvalue weighted by atomic mass is 35.5. The van der Waals surface area contributed by atoms with Gasteiger partial charge in [-0.05, 0) is 18.2 Å². The molecule has 0 saturated heterocycles. The second kappa shape index (κ2) is 7.67. The van der Waals surface area contributed by atoms with Crippen molar-refractivity contribution in [2.75, 3.05) is 13.2 Å². The second-order valence-electron chi connectivity index (χ2n) is 4.34. The number of halogens is 1. The number of amides is 1. The van der Waals surface area contributed by atoms with Gasteiger partial charge in [0, 0.05) is 12.1 Å². The zero-order valence-electron chi connectivity index (χ0n) is 11.4. The highest BCUT2D eigenvalue weighted by molar-refractivity contribution is 6.33. The number of aliphatic hydroxyl groups excluding tert-OH is 1. The average Bonchev–Trinajstić information content (AvgIpc) is 2.52. The van der Waals surface area contributed by atoms with Crippen molar-refractivity contribution in [2.45, 2.75) is 6.54 Å². The van der Waals surface area contributed by atoms with E-state index in [1.807, 2.05) is 18.2 Å². The van der Waals surface area contributed by atoms with Gasteiger partial charge in [0.2, 0.25) is 0 Å². The summed E-state index contributed by atoms with van der Waals surface area (Å²) in [5.41, 5.74) is 1.28. The quantitative estimate of drug-likeness (QED) is 0.862. The van der Waals surface area contributed by atoms with Crippen LogP contribution in [0.3, 0.4) is 0 Å². The van der Waals surface area contributed by atoms with Gasteiger partial charge in [0.25, 0.3) is 5.91 Å². The Kier molecular flexibility index (Phi) is 5.60. The van der Waals surface area contributed by atoms with Gasteiger partial charge in [-0.1, -0.05) is 41.9 Å². The van der Waals surface area contributed by atoms with E-state index in [1.165, 1.54) is 0 Å². The Bertz CT molecular complexity index is 616. The highest BCUT2D eigenvalue weighted by Crippen LogP contribution is 2.19. The summed E-state index contributed by atoms with van der Waals surface area (Å²) >= 11 is 5.99. The Morgan fingerprint density at radius 3 is 2.62 bits per heavy atom. The molecule has 0 aromatic heterocycles. The van der Waals surface area contributed by atoms with Gasteiger partial charge in [0.15, 0.2) is 0 Å². The Morgan fingerprint density at radius 1 is 1.14 bits per heavy atom. The lowest BCUT2D eigenvalue weighted by molar-refractivity contribution is 0.0950. The molecule has 0 spiro atoms.